The zero-order valence-electron chi connectivity index (χ0n) is 10.6. The van der Waals surface area contributed by atoms with Gasteiger partial charge in [0.25, 0.3) is 5.91 Å². The molecule has 1 aliphatic carbocycles. The van der Waals surface area contributed by atoms with Crippen LogP contribution in [0.15, 0.2) is 0 Å². The highest BCUT2D eigenvalue weighted by atomic mass is 16.5. The molecule has 0 heterocycles. The number of hydrogen-bond acceptors (Lipinski definition) is 3. The summed E-state index contributed by atoms with van der Waals surface area (Å²) in [5.74, 6) is 0.333. The van der Waals surface area contributed by atoms with Crippen LogP contribution in [0.3, 0.4) is 0 Å². The van der Waals surface area contributed by atoms with Crippen molar-refractivity contribution in [1.29, 1.82) is 0 Å². The maximum absolute atomic E-state index is 11.9. The van der Waals surface area contributed by atoms with Crippen molar-refractivity contribution in [3.8, 4) is 0 Å². The molecule has 1 atom stereocenters. The van der Waals surface area contributed by atoms with Crippen LogP contribution >= 0.6 is 0 Å². The van der Waals surface area contributed by atoms with Crippen LogP contribution in [0.5, 0.6) is 0 Å². The largest absolute Gasteiger partial charge is 0.393 e. The van der Waals surface area contributed by atoms with E-state index < -0.39 is 5.60 Å². The van der Waals surface area contributed by atoms with Crippen molar-refractivity contribution in [2.75, 3.05) is 7.11 Å². The van der Waals surface area contributed by atoms with E-state index in [2.05, 4.69) is 12.2 Å². The number of carbonyl (C=O) groups excluding carboxylic acids is 1. The van der Waals surface area contributed by atoms with E-state index in [0.717, 1.165) is 19.3 Å². The van der Waals surface area contributed by atoms with Gasteiger partial charge < -0.3 is 15.2 Å². The zero-order chi connectivity index (χ0) is 12.3. The molecule has 1 amide bonds. The van der Waals surface area contributed by atoms with E-state index in [1.807, 2.05) is 0 Å². The maximum atomic E-state index is 11.9. The summed E-state index contributed by atoms with van der Waals surface area (Å²) in [5.41, 5.74) is -0.782. The highest BCUT2D eigenvalue weighted by molar-refractivity contribution is 5.84. The third kappa shape index (κ3) is 2.95. The summed E-state index contributed by atoms with van der Waals surface area (Å²) in [6, 6.07) is 0.158. The molecule has 1 fully saturated rings. The Labute approximate surface area is 97.4 Å². The molecule has 0 radical (unpaired) electrons. The lowest BCUT2D eigenvalue weighted by molar-refractivity contribution is -0.141. The van der Waals surface area contributed by atoms with Gasteiger partial charge in [0.2, 0.25) is 0 Å². The summed E-state index contributed by atoms with van der Waals surface area (Å²) in [4.78, 5) is 11.9. The molecule has 0 aromatic rings. The minimum absolute atomic E-state index is 0.0803. The van der Waals surface area contributed by atoms with Gasteiger partial charge in [0.05, 0.1) is 6.10 Å². The Hall–Kier alpha value is -0.610. The van der Waals surface area contributed by atoms with Gasteiger partial charge in [-0.25, -0.2) is 0 Å². The molecule has 1 aliphatic rings. The number of rotatable bonds is 5. The monoisotopic (exact) mass is 229 g/mol. The molecule has 2 N–H and O–H groups in total. The molecule has 0 aliphatic heterocycles. The molecule has 0 aromatic heterocycles. The highest BCUT2D eigenvalue weighted by Gasteiger charge is 2.36. The van der Waals surface area contributed by atoms with Gasteiger partial charge in [-0.2, -0.15) is 0 Å². The van der Waals surface area contributed by atoms with Gasteiger partial charge in [-0.05, 0) is 39.0 Å². The first-order valence-corrected chi connectivity index (χ1v) is 5.95. The van der Waals surface area contributed by atoms with Gasteiger partial charge in [0.15, 0.2) is 0 Å². The Morgan fingerprint density at radius 2 is 2.12 bits per heavy atom. The van der Waals surface area contributed by atoms with Gasteiger partial charge in [-0.3, -0.25) is 4.79 Å². The van der Waals surface area contributed by atoms with Crippen LogP contribution < -0.4 is 5.32 Å². The Bertz CT molecular complexity index is 247. The maximum Gasteiger partial charge on any atom is 0.251 e. The molecule has 4 heteroatoms. The standard InChI is InChI=1S/C12H23NO3/c1-5-10(8-6-9(14)7-8)13-11(15)12(2,3)16-4/h8-10,14H,5-7H2,1-4H3,(H,13,15)/t8?,9?,10-/m0/s1. The molecular weight excluding hydrogens is 206 g/mol. The number of aliphatic hydroxyl groups is 1. The van der Waals surface area contributed by atoms with E-state index in [0.29, 0.717) is 5.92 Å². The molecule has 16 heavy (non-hydrogen) atoms. The van der Waals surface area contributed by atoms with Crippen molar-refractivity contribution in [1.82, 2.24) is 5.32 Å². The Morgan fingerprint density at radius 1 is 1.56 bits per heavy atom. The number of amides is 1. The van der Waals surface area contributed by atoms with Gasteiger partial charge in [-0.1, -0.05) is 6.92 Å². The highest BCUT2D eigenvalue weighted by Crippen LogP contribution is 2.31. The van der Waals surface area contributed by atoms with Crippen molar-refractivity contribution in [3.05, 3.63) is 0 Å². The van der Waals surface area contributed by atoms with Crippen molar-refractivity contribution in [2.24, 2.45) is 5.92 Å². The predicted molar refractivity (Wildman–Crippen MR) is 62.0 cm³/mol. The lowest BCUT2D eigenvalue weighted by atomic mass is 9.76. The number of methoxy groups -OCH3 is 1. The number of carbonyl (C=O) groups is 1. The molecular formula is C12H23NO3. The molecule has 1 rings (SSSR count). The lowest BCUT2D eigenvalue weighted by Gasteiger charge is -2.38. The van der Waals surface area contributed by atoms with E-state index in [1.165, 1.54) is 7.11 Å². The Kier molecular flexibility index (Phi) is 4.33. The van der Waals surface area contributed by atoms with Crippen LogP contribution in [0, 0.1) is 5.92 Å². The molecule has 0 saturated heterocycles. The van der Waals surface area contributed by atoms with Gasteiger partial charge in [-0.15, -0.1) is 0 Å². The topological polar surface area (TPSA) is 58.6 Å². The Morgan fingerprint density at radius 3 is 2.50 bits per heavy atom. The smallest absolute Gasteiger partial charge is 0.251 e. The Balaban J connectivity index is 2.47. The van der Waals surface area contributed by atoms with Crippen LogP contribution in [0.1, 0.15) is 40.0 Å². The van der Waals surface area contributed by atoms with Crippen molar-refractivity contribution in [2.45, 2.75) is 57.8 Å². The fraction of sp³-hybridized carbons (Fsp3) is 0.917. The fourth-order valence-corrected chi connectivity index (χ4v) is 1.95. The average Bonchev–Trinajstić information content (AvgIpc) is 2.21. The second-order valence-electron chi connectivity index (χ2n) is 5.09. The van der Waals surface area contributed by atoms with Gasteiger partial charge >= 0.3 is 0 Å². The predicted octanol–water partition coefficient (Wildman–Crippen LogP) is 1.08. The van der Waals surface area contributed by atoms with Crippen molar-refractivity contribution in [3.63, 3.8) is 0 Å². The molecule has 0 spiro atoms. The van der Waals surface area contributed by atoms with Gasteiger partial charge in [0, 0.05) is 13.2 Å². The number of aliphatic hydroxyl groups excluding tert-OH is 1. The minimum atomic E-state index is -0.782. The quantitative estimate of drug-likeness (QED) is 0.741. The SMILES string of the molecule is CC[C@H](NC(=O)C(C)(C)OC)C1CC(O)C1. The second-order valence-corrected chi connectivity index (χ2v) is 5.09. The average molecular weight is 229 g/mol. The second kappa shape index (κ2) is 5.15. The summed E-state index contributed by atoms with van der Waals surface area (Å²) < 4.78 is 5.14. The van der Waals surface area contributed by atoms with Gasteiger partial charge in [0.1, 0.15) is 5.60 Å². The van der Waals surface area contributed by atoms with E-state index in [1.54, 1.807) is 13.8 Å². The van der Waals surface area contributed by atoms with Crippen LogP contribution in [-0.4, -0.2) is 35.9 Å². The zero-order valence-corrected chi connectivity index (χ0v) is 10.6. The third-order valence-electron chi connectivity index (χ3n) is 3.53. The first-order valence-electron chi connectivity index (χ1n) is 5.95. The normalized spacial score (nSPS) is 27.1. The van der Waals surface area contributed by atoms with E-state index >= 15 is 0 Å². The molecule has 94 valence electrons. The van der Waals surface area contributed by atoms with Crippen LogP contribution in [0.2, 0.25) is 0 Å². The molecule has 0 aromatic carbocycles. The first kappa shape index (κ1) is 13.5. The van der Waals surface area contributed by atoms with E-state index in [4.69, 9.17) is 4.74 Å². The summed E-state index contributed by atoms with van der Waals surface area (Å²) >= 11 is 0. The molecule has 1 saturated carbocycles. The van der Waals surface area contributed by atoms with Crippen molar-refractivity contribution < 1.29 is 14.6 Å². The summed E-state index contributed by atoms with van der Waals surface area (Å²) in [7, 11) is 1.54. The number of hydrogen-bond donors (Lipinski definition) is 2. The number of ether oxygens (including phenoxy) is 1. The number of nitrogens with one attached hydrogen (secondary N) is 1. The third-order valence-corrected chi connectivity index (χ3v) is 3.53. The molecule has 0 unspecified atom stereocenters. The van der Waals surface area contributed by atoms with Crippen LogP contribution in [-0.2, 0) is 9.53 Å². The fourth-order valence-electron chi connectivity index (χ4n) is 1.95. The minimum Gasteiger partial charge on any atom is -0.393 e. The van der Waals surface area contributed by atoms with Crippen LogP contribution in [0.25, 0.3) is 0 Å². The van der Waals surface area contributed by atoms with Crippen molar-refractivity contribution >= 4 is 5.91 Å². The van der Waals surface area contributed by atoms with E-state index in [9.17, 15) is 9.90 Å². The summed E-state index contributed by atoms with van der Waals surface area (Å²) in [5, 5.41) is 12.3. The molecule has 0 bridgehead atoms. The van der Waals surface area contributed by atoms with E-state index in [-0.39, 0.29) is 18.1 Å². The van der Waals surface area contributed by atoms with Crippen LogP contribution in [0.4, 0.5) is 0 Å². The first-order chi connectivity index (χ1) is 7.40. The lowest BCUT2D eigenvalue weighted by Crippen LogP contribution is -2.52. The summed E-state index contributed by atoms with van der Waals surface area (Å²) in [6.45, 7) is 5.56. The molecule has 4 nitrogen and oxygen atoms in total. The summed E-state index contributed by atoms with van der Waals surface area (Å²) in [6.07, 6.45) is 2.31.